The Bertz CT molecular complexity index is 1190. The van der Waals surface area contributed by atoms with Crippen LogP contribution in [0, 0.1) is 0 Å². The number of halogens is 1. The van der Waals surface area contributed by atoms with Gasteiger partial charge in [-0.05, 0) is 54.8 Å². The first-order chi connectivity index (χ1) is 16.5. The number of hydrogen-bond donors (Lipinski definition) is 2. The second-order valence-electron chi connectivity index (χ2n) is 7.83. The smallest absolute Gasteiger partial charge is 0.342 e. The average Bonchev–Trinajstić information content (AvgIpc) is 3.66. The highest BCUT2D eigenvalue weighted by molar-refractivity contribution is 6.30. The fraction of sp³-hybridized carbons (Fsp3) is 0.192. The van der Waals surface area contributed by atoms with E-state index in [-0.39, 0.29) is 24.1 Å². The molecular formula is C26H23ClN2O5. The lowest BCUT2D eigenvalue weighted by Gasteiger charge is -2.13. The first-order valence-corrected chi connectivity index (χ1v) is 11.2. The van der Waals surface area contributed by atoms with E-state index in [1.807, 2.05) is 12.1 Å². The van der Waals surface area contributed by atoms with E-state index in [4.69, 9.17) is 21.1 Å². The Hall–Kier alpha value is -3.84. The lowest BCUT2D eigenvalue weighted by Crippen LogP contribution is -2.28. The van der Waals surface area contributed by atoms with E-state index in [1.54, 1.807) is 60.7 Å². The third-order valence-electron chi connectivity index (χ3n) is 5.11. The van der Waals surface area contributed by atoms with E-state index in [1.165, 1.54) is 0 Å². The summed E-state index contributed by atoms with van der Waals surface area (Å²) in [6.45, 7) is -0.273. The lowest BCUT2D eigenvalue weighted by molar-refractivity contribution is -0.119. The van der Waals surface area contributed by atoms with Crippen molar-refractivity contribution in [2.45, 2.75) is 25.5 Å². The molecule has 2 N–H and O–H groups in total. The minimum absolute atomic E-state index is 0.194. The van der Waals surface area contributed by atoms with Gasteiger partial charge in [-0.1, -0.05) is 48.0 Å². The van der Waals surface area contributed by atoms with Gasteiger partial charge in [0.25, 0.3) is 11.8 Å². The van der Waals surface area contributed by atoms with Crippen LogP contribution in [0.15, 0.2) is 72.8 Å². The topological polar surface area (TPSA) is 93.7 Å². The monoisotopic (exact) mass is 478 g/mol. The van der Waals surface area contributed by atoms with Crippen molar-refractivity contribution in [2.75, 3.05) is 11.9 Å². The van der Waals surface area contributed by atoms with Crippen LogP contribution in [0.25, 0.3) is 0 Å². The third-order valence-corrected chi connectivity index (χ3v) is 5.36. The second kappa shape index (κ2) is 10.9. The summed E-state index contributed by atoms with van der Waals surface area (Å²) in [5.41, 5.74) is 1.80. The number of amides is 2. The number of carbonyl (C=O) groups excluding carboxylic acids is 3. The Morgan fingerprint density at radius 3 is 2.29 bits per heavy atom. The van der Waals surface area contributed by atoms with Crippen LogP contribution in [0.5, 0.6) is 5.75 Å². The van der Waals surface area contributed by atoms with Crippen molar-refractivity contribution in [3.63, 3.8) is 0 Å². The van der Waals surface area contributed by atoms with Crippen molar-refractivity contribution in [1.82, 2.24) is 5.32 Å². The molecule has 34 heavy (non-hydrogen) atoms. The molecule has 8 heteroatoms. The van der Waals surface area contributed by atoms with Gasteiger partial charge in [0.2, 0.25) is 0 Å². The first kappa shape index (κ1) is 23.3. The molecule has 0 saturated heterocycles. The van der Waals surface area contributed by atoms with Crippen molar-refractivity contribution >= 4 is 35.1 Å². The lowest BCUT2D eigenvalue weighted by atomic mass is 10.1. The number of nitrogens with one attached hydrogen (secondary N) is 2. The van der Waals surface area contributed by atoms with E-state index in [0.29, 0.717) is 22.0 Å². The number of benzene rings is 3. The highest BCUT2D eigenvalue weighted by atomic mass is 35.5. The summed E-state index contributed by atoms with van der Waals surface area (Å²) < 4.78 is 11.0. The molecule has 0 radical (unpaired) electrons. The molecular weight excluding hydrogens is 456 g/mol. The van der Waals surface area contributed by atoms with E-state index < -0.39 is 18.5 Å². The van der Waals surface area contributed by atoms with Gasteiger partial charge in [-0.3, -0.25) is 9.59 Å². The molecule has 0 aromatic heterocycles. The summed E-state index contributed by atoms with van der Waals surface area (Å²) in [4.78, 5) is 37.4. The van der Waals surface area contributed by atoms with Crippen molar-refractivity contribution in [3.05, 3.63) is 94.5 Å². The zero-order valence-corrected chi connectivity index (χ0v) is 19.0. The molecule has 1 saturated carbocycles. The summed E-state index contributed by atoms with van der Waals surface area (Å²) in [6.07, 6.45) is 1.92. The molecule has 0 bridgehead atoms. The van der Waals surface area contributed by atoms with Crippen molar-refractivity contribution in [3.8, 4) is 5.75 Å². The van der Waals surface area contributed by atoms with Gasteiger partial charge in [0.15, 0.2) is 6.61 Å². The number of anilines is 1. The predicted octanol–water partition coefficient (Wildman–Crippen LogP) is 4.61. The van der Waals surface area contributed by atoms with E-state index in [0.717, 1.165) is 18.4 Å². The molecule has 1 fully saturated rings. The molecule has 0 unspecified atom stereocenters. The summed E-state index contributed by atoms with van der Waals surface area (Å²) in [6, 6.07) is 20.7. The number of rotatable bonds is 9. The third kappa shape index (κ3) is 6.36. The Kier molecular flexibility index (Phi) is 7.44. The van der Waals surface area contributed by atoms with Crippen molar-refractivity contribution < 1.29 is 23.9 Å². The van der Waals surface area contributed by atoms with Crippen LogP contribution in [0.1, 0.15) is 39.1 Å². The summed E-state index contributed by atoms with van der Waals surface area (Å²) in [5.74, 6) is -1.16. The SMILES string of the molecule is O=C(COC(=O)c1ccccc1OCc1ccc(Cl)cc1)Nc1ccccc1C(=O)NC1CC1. The molecule has 0 atom stereocenters. The molecule has 174 valence electrons. The van der Waals surface area contributed by atoms with Crippen molar-refractivity contribution in [1.29, 1.82) is 0 Å². The number of para-hydroxylation sites is 2. The van der Waals surface area contributed by atoms with Gasteiger partial charge < -0.3 is 20.1 Å². The molecule has 3 aromatic rings. The van der Waals surface area contributed by atoms with Crippen LogP contribution < -0.4 is 15.4 Å². The highest BCUT2D eigenvalue weighted by Crippen LogP contribution is 2.23. The summed E-state index contributed by atoms with van der Waals surface area (Å²) in [7, 11) is 0. The van der Waals surface area contributed by atoms with Gasteiger partial charge >= 0.3 is 5.97 Å². The fourth-order valence-corrected chi connectivity index (χ4v) is 3.30. The second-order valence-corrected chi connectivity index (χ2v) is 8.27. The number of esters is 1. The minimum atomic E-state index is -0.693. The van der Waals surface area contributed by atoms with Crippen LogP contribution in [0.3, 0.4) is 0 Å². The Morgan fingerprint density at radius 1 is 0.882 bits per heavy atom. The molecule has 0 spiro atoms. The summed E-state index contributed by atoms with van der Waals surface area (Å²) >= 11 is 5.90. The van der Waals surface area contributed by atoms with Gasteiger partial charge in [0, 0.05) is 11.1 Å². The number of ether oxygens (including phenoxy) is 2. The van der Waals surface area contributed by atoms with Gasteiger partial charge in [-0.2, -0.15) is 0 Å². The fourth-order valence-electron chi connectivity index (χ4n) is 3.18. The van der Waals surface area contributed by atoms with Crippen LogP contribution >= 0.6 is 11.6 Å². The van der Waals surface area contributed by atoms with Gasteiger partial charge in [-0.25, -0.2) is 4.79 Å². The van der Waals surface area contributed by atoms with Crippen LogP contribution in [-0.4, -0.2) is 30.4 Å². The number of hydrogen-bond acceptors (Lipinski definition) is 5. The predicted molar refractivity (Wildman–Crippen MR) is 128 cm³/mol. The van der Waals surface area contributed by atoms with E-state index >= 15 is 0 Å². The first-order valence-electron chi connectivity index (χ1n) is 10.8. The Balaban J connectivity index is 1.34. The molecule has 1 aliphatic carbocycles. The van der Waals surface area contributed by atoms with Gasteiger partial charge in [0.05, 0.1) is 11.3 Å². The van der Waals surface area contributed by atoms with Crippen molar-refractivity contribution in [2.24, 2.45) is 0 Å². The maximum absolute atomic E-state index is 12.6. The largest absolute Gasteiger partial charge is 0.488 e. The normalized spacial score (nSPS) is 12.5. The zero-order valence-electron chi connectivity index (χ0n) is 18.3. The van der Waals surface area contributed by atoms with Crippen LogP contribution in [0.2, 0.25) is 5.02 Å². The maximum atomic E-state index is 12.6. The quantitative estimate of drug-likeness (QED) is 0.438. The van der Waals surface area contributed by atoms with Crippen LogP contribution in [-0.2, 0) is 16.1 Å². The van der Waals surface area contributed by atoms with Gasteiger partial charge in [0.1, 0.15) is 17.9 Å². The minimum Gasteiger partial charge on any atom is -0.488 e. The molecule has 0 heterocycles. The molecule has 2 amide bonds. The van der Waals surface area contributed by atoms with E-state index in [9.17, 15) is 14.4 Å². The number of carbonyl (C=O) groups is 3. The average molecular weight is 479 g/mol. The Morgan fingerprint density at radius 2 is 1.56 bits per heavy atom. The molecule has 0 aliphatic heterocycles. The standard InChI is InChI=1S/C26H23ClN2O5/c27-18-11-9-17(10-12-18)15-33-23-8-4-2-6-21(23)26(32)34-16-24(30)29-22-7-3-1-5-20(22)25(31)28-19-13-14-19/h1-12,19H,13-16H2,(H,28,31)(H,29,30). The summed E-state index contributed by atoms with van der Waals surface area (Å²) in [5, 5.41) is 6.15. The zero-order chi connectivity index (χ0) is 23.9. The maximum Gasteiger partial charge on any atom is 0.342 e. The highest BCUT2D eigenvalue weighted by Gasteiger charge is 2.25. The molecule has 7 nitrogen and oxygen atoms in total. The van der Waals surface area contributed by atoms with E-state index in [2.05, 4.69) is 10.6 Å². The van der Waals surface area contributed by atoms with Gasteiger partial charge in [-0.15, -0.1) is 0 Å². The molecule has 1 aliphatic rings. The van der Waals surface area contributed by atoms with Crippen LogP contribution in [0.4, 0.5) is 5.69 Å². The molecule has 4 rings (SSSR count). The molecule has 3 aromatic carbocycles. The Labute approximate surface area is 202 Å².